The highest BCUT2D eigenvalue weighted by Gasteiger charge is 2.11. The van der Waals surface area contributed by atoms with Gasteiger partial charge in [0.1, 0.15) is 5.82 Å². The fraction of sp³-hybridized carbons (Fsp3) is 0.357. The van der Waals surface area contributed by atoms with Crippen molar-refractivity contribution in [2.45, 2.75) is 0 Å². The van der Waals surface area contributed by atoms with Crippen molar-refractivity contribution in [1.29, 1.82) is 0 Å². The van der Waals surface area contributed by atoms with E-state index in [2.05, 4.69) is 25.8 Å². The van der Waals surface area contributed by atoms with Crippen LogP contribution in [0, 0.1) is 0 Å². The number of hydrogen-bond acceptors (Lipinski definition) is 4. The quantitative estimate of drug-likeness (QED) is 0.792. The Morgan fingerprint density at radius 2 is 1.89 bits per heavy atom. The Morgan fingerprint density at radius 1 is 1.21 bits per heavy atom. The van der Waals surface area contributed by atoms with Gasteiger partial charge in [0.05, 0.1) is 14.2 Å². The van der Waals surface area contributed by atoms with Gasteiger partial charge in [0.2, 0.25) is 0 Å². The molecule has 0 amide bonds. The van der Waals surface area contributed by atoms with E-state index in [4.69, 9.17) is 9.47 Å². The van der Waals surface area contributed by atoms with Gasteiger partial charge in [-0.1, -0.05) is 15.9 Å². The Hall–Kier alpha value is -1.49. The van der Waals surface area contributed by atoms with Gasteiger partial charge in [0.15, 0.2) is 11.5 Å². The van der Waals surface area contributed by atoms with Crippen molar-refractivity contribution in [2.75, 3.05) is 38.0 Å². The molecule has 5 heteroatoms. The second-order valence-corrected chi connectivity index (χ2v) is 4.97. The van der Waals surface area contributed by atoms with E-state index in [0.29, 0.717) is 0 Å². The number of anilines is 1. The van der Waals surface area contributed by atoms with Crippen LogP contribution < -0.4 is 14.4 Å². The highest BCUT2D eigenvalue weighted by molar-refractivity contribution is 9.09. The lowest BCUT2D eigenvalue weighted by atomic mass is 10.1. The zero-order valence-corrected chi connectivity index (χ0v) is 12.9. The van der Waals surface area contributed by atoms with Crippen LogP contribution in [0.3, 0.4) is 0 Å². The number of methoxy groups -OCH3 is 2. The number of ether oxygens (including phenoxy) is 2. The summed E-state index contributed by atoms with van der Waals surface area (Å²) in [5.41, 5.74) is 0. The number of nitrogens with zero attached hydrogens (tertiary/aromatic N) is 2. The molecule has 0 spiro atoms. The smallest absolute Gasteiger partial charge is 0.161 e. The van der Waals surface area contributed by atoms with Crippen molar-refractivity contribution in [3.8, 4) is 11.5 Å². The molecule has 2 rings (SSSR count). The molecule has 0 aliphatic heterocycles. The minimum atomic E-state index is 0.719. The molecule has 0 N–H and O–H groups in total. The first-order chi connectivity index (χ1) is 9.21. The van der Waals surface area contributed by atoms with E-state index in [1.54, 1.807) is 14.2 Å². The first kappa shape index (κ1) is 13.9. The van der Waals surface area contributed by atoms with E-state index >= 15 is 0 Å². The minimum absolute atomic E-state index is 0.719. The summed E-state index contributed by atoms with van der Waals surface area (Å²) in [4.78, 5) is 6.58. The molecule has 0 atom stereocenters. The largest absolute Gasteiger partial charge is 0.493 e. The zero-order valence-electron chi connectivity index (χ0n) is 11.3. The Bertz CT molecular complexity index is 575. The summed E-state index contributed by atoms with van der Waals surface area (Å²) in [5.74, 6) is 2.39. The predicted molar refractivity (Wildman–Crippen MR) is 81.9 cm³/mol. The summed E-state index contributed by atoms with van der Waals surface area (Å²) >= 11 is 3.45. The van der Waals surface area contributed by atoms with E-state index < -0.39 is 0 Å². The summed E-state index contributed by atoms with van der Waals surface area (Å²) in [7, 11) is 5.31. The Labute approximate surface area is 121 Å². The topological polar surface area (TPSA) is 34.6 Å². The van der Waals surface area contributed by atoms with Crippen LogP contribution in [-0.2, 0) is 0 Å². The van der Waals surface area contributed by atoms with E-state index in [1.807, 2.05) is 31.4 Å². The van der Waals surface area contributed by atoms with Crippen molar-refractivity contribution in [3.05, 3.63) is 24.4 Å². The Balaban J connectivity index is 2.60. The van der Waals surface area contributed by atoms with Crippen molar-refractivity contribution < 1.29 is 9.47 Å². The van der Waals surface area contributed by atoms with E-state index in [-0.39, 0.29) is 0 Å². The molecule has 0 saturated carbocycles. The second kappa shape index (κ2) is 6.10. The molecule has 1 aromatic heterocycles. The molecule has 0 aliphatic rings. The van der Waals surface area contributed by atoms with Crippen molar-refractivity contribution in [2.24, 2.45) is 0 Å². The molecule has 0 saturated heterocycles. The monoisotopic (exact) mass is 324 g/mol. The molecule has 0 bridgehead atoms. The summed E-state index contributed by atoms with van der Waals surface area (Å²) in [6.45, 7) is 0.889. The summed E-state index contributed by atoms with van der Waals surface area (Å²) in [6.07, 6.45) is 1.81. The van der Waals surface area contributed by atoms with Crippen molar-refractivity contribution in [1.82, 2.24) is 4.98 Å². The van der Waals surface area contributed by atoms with Crippen LogP contribution in [0.4, 0.5) is 5.82 Å². The lowest BCUT2D eigenvalue weighted by Gasteiger charge is -2.19. The lowest BCUT2D eigenvalue weighted by Crippen LogP contribution is -2.20. The lowest BCUT2D eigenvalue weighted by molar-refractivity contribution is 0.356. The molecule has 0 fully saturated rings. The molecule has 4 nitrogen and oxygen atoms in total. The first-order valence-corrected chi connectivity index (χ1v) is 7.11. The van der Waals surface area contributed by atoms with Crippen LogP contribution in [0.25, 0.3) is 10.8 Å². The van der Waals surface area contributed by atoms with Crippen LogP contribution in [0.15, 0.2) is 24.4 Å². The number of fused-ring (bicyclic) bond motifs is 1. The fourth-order valence-electron chi connectivity index (χ4n) is 2.02. The SMILES string of the molecule is COc1cc2ccnc(N(C)CCBr)c2cc1OC. The van der Waals surface area contributed by atoms with Crippen LogP contribution in [0.5, 0.6) is 11.5 Å². The highest BCUT2D eigenvalue weighted by atomic mass is 79.9. The van der Waals surface area contributed by atoms with E-state index in [1.165, 1.54) is 0 Å². The van der Waals surface area contributed by atoms with Crippen LogP contribution >= 0.6 is 15.9 Å². The van der Waals surface area contributed by atoms with Gasteiger partial charge in [0.25, 0.3) is 0 Å². The number of alkyl halides is 1. The average Bonchev–Trinajstić information content (AvgIpc) is 2.45. The van der Waals surface area contributed by atoms with E-state index in [0.717, 1.165) is 40.0 Å². The standard InChI is InChI=1S/C14H17BrN2O2/c1-17(7-5-15)14-11-9-13(19-3)12(18-2)8-10(11)4-6-16-14/h4,6,8-9H,5,7H2,1-3H3. The van der Waals surface area contributed by atoms with Crippen molar-refractivity contribution >= 4 is 32.5 Å². The second-order valence-electron chi connectivity index (χ2n) is 4.17. The molecule has 0 radical (unpaired) electrons. The van der Waals surface area contributed by atoms with Gasteiger partial charge in [-0.15, -0.1) is 0 Å². The number of halogens is 1. The molecule has 0 aliphatic carbocycles. The Morgan fingerprint density at radius 3 is 2.53 bits per heavy atom. The number of benzene rings is 1. The van der Waals surface area contributed by atoms with Crippen LogP contribution in [0.1, 0.15) is 0 Å². The van der Waals surface area contributed by atoms with Gasteiger partial charge in [-0.25, -0.2) is 4.98 Å². The van der Waals surface area contributed by atoms with Gasteiger partial charge >= 0.3 is 0 Å². The van der Waals surface area contributed by atoms with Gasteiger partial charge in [0, 0.05) is 30.5 Å². The molecule has 0 unspecified atom stereocenters. The molecule has 19 heavy (non-hydrogen) atoms. The number of hydrogen-bond donors (Lipinski definition) is 0. The number of aromatic nitrogens is 1. The number of pyridine rings is 1. The molecule has 1 heterocycles. The molecular weight excluding hydrogens is 308 g/mol. The normalized spacial score (nSPS) is 10.5. The third-order valence-corrected chi connectivity index (χ3v) is 3.38. The Kier molecular flexibility index (Phi) is 4.47. The van der Waals surface area contributed by atoms with Gasteiger partial charge in [-0.3, -0.25) is 0 Å². The molecule has 2 aromatic rings. The third-order valence-electron chi connectivity index (χ3n) is 3.03. The molecule has 1 aromatic carbocycles. The summed E-state index contributed by atoms with van der Waals surface area (Å²) < 4.78 is 10.7. The maximum absolute atomic E-state index is 5.36. The van der Waals surface area contributed by atoms with Crippen molar-refractivity contribution in [3.63, 3.8) is 0 Å². The molecule has 102 valence electrons. The summed E-state index contributed by atoms with van der Waals surface area (Å²) in [6, 6.07) is 5.92. The van der Waals surface area contributed by atoms with E-state index in [9.17, 15) is 0 Å². The number of rotatable bonds is 5. The predicted octanol–water partition coefficient (Wildman–Crippen LogP) is 3.08. The highest BCUT2D eigenvalue weighted by Crippen LogP contribution is 2.35. The summed E-state index contributed by atoms with van der Waals surface area (Å²) in [5, 5.41) is 3.04. The van der Waals surface area contributed by atoms with Crippen LogP contribution in [0.2, 0.25) is 0 Å². The third kappa shape index (κ3) is 2.76. The van der Waals surface area contributed by atoms with Crippen LogP contribution in [-0.4, -0.2) is 38.1 Å². The maximum atomic E-state index is 5.36. The first-order valence-electron chi connectivity index (χ1n) is 5.99. The molecular formula is C14H17BrN2O2. The van der Waals surface area contributed by atoms with Gasteiger partial charge in [-0.05, 0) is 23.6 Å². The van der Waals surface area contributed by atoms with Gasteiger partial charge in [-0.2, -0.15) is 0 Å². The maximum Gasteiger partial charge on any atom is 0.161 e. The van der Waals surface area contributed by atoms with Gasteiger partial charge < -0.3 is 14.4 Å². The average molecular weight is 325 g/mol. The minimum Gasteiger partial charge on any atom is -0.493 e. The fourth-order valence-corrected chi connectivity index (χ4v) is 2.55. The zero-order chi connectivity index (χ0) is 13.8.